The number of nitrogens with one attached hydrogen (secondary N) is 1. The minimum Gasteiger partial charge on any atom is -0.359 e. The Kier molecular flexibility index (Phi) is 4.92. The Morgan fingerprint density at radius 2 is 2.40 bits per heavy atom. The summed E-state index contributed by atoms with van der Waals surface area (Å²) in [7, 11) is 1.56. The van der Waals surface area contributed by atoms with Crippen LogP contribution in [0.15, 0.2) is 4.58 Å². The molecule has 0 rings (SSSR count). The molecule has 0 aliphatic heterocycles. The molecule has 0 aromatic carbocycles. The van der Waals surface area contributed by atoms with Gasteiger partial charge in [-0.3, -0.25) is 4.79 Å². The summed E-state index contributed by atoms with van der Waals surface area (Å²) in [6.07, 6.45) is 0.340. The van der Waals surface area contributed by atoms with E-state index in [2.05, 4.69) is 9.90 Å². The van der Waals surface area contributed by atoms with E-state index in [4.69, 9.17) is 0 Å². The molecule has 0 aliphatic carbocycles. The molecule has 0 aromatic rings. The zero-order valence-electron chi connectivity index (χ0n) is 5.96. The summed E-state index contributed by atoms with van der Waals surface area (Å²) >= 11 is 0.884. The fourth-order valence-corrected chi connectivity index (χ4v) is 0.847. The van der Waals surface area contributed by atoms with Crippen LogP contribution in [-0.2, 0) is 4.79 Å². The third-order valence-corrected chi connectivity index (χ3v) is 1.59. The van der Waals surface area contributed by atoms with Gasteiger partial charge >= 0.3 is 0 Å². The summed E-state index contributed by atoms with van der Waals surface area (Å²) < 4.78 is 2.61. The average molecular weight is 162 g/mol. The standard InChI is InChI=1S/C5H10N2O2S/c1-4(10-7-9)3-5(8)6-2/h4H,3H2,1-2H3,(H,6,8). The fraction of sp³-hybridized carbons (Fsp3) is 0.800. The van der Waals surface area contributed by atoms with Gasteiger partial charge in [-0.15, -0.1) is 4.91 Å². The van der Waals surface area contributed by atoms with Crippen LogP contribution in [0.4, 0.5) is 0 Å². The molecule has 0 saturated heterocycles. The van der Waals surface area contributed by atoms with Gasteiger partial charge in [0.05, 0.1) is 0 Å². The molecular weight excluding hydrogens is 152 g/mol. The van der Waals surface area contributed by atoms with Gasteiger partial charge in [-0.05, 0) is 0 Å². The summed E-state index contributed by atoms with van der Waals surface area (Å²) in [6.45, 7) is 1.78. The zero-order chi connectivity index (χ0) is 7.98. The minimum atomic E-state index is -0.0661. The Morgan fingerprint density at radius 1 is 1.80 bits per heavy atom. The molecule has 0 radical (unpaired) electrons. The van der Waals surface area contributed by atoms with E-state index < -0.39 is 0 Å². The van der Waals surface area contributed by atoms with Crippen LogP contribution in [0, 0.1) is 4.91 Å². The van der Waals surface area contributed by atoms with Crippen molar-refractivity contribution in [1.82, 2.24) is 5.32 Å². The molecule has 0 aromatic heterocycles. The molecule has 0 bridgehead atoms. The number of amides is 1. The summed E-state index contributed by atoms with van der Waals surface area (Å²) in [4.78, 5) is 20.3. The first-order valence-electron chi connectivity index (χ1n) is 2.89. The topological polar surface area (TPSA) is 58.5 Å². The van der Waals surface area contributed by atoms with Gasteiger partial charge in [0, 0.05) is 35.2 Å². The number of hydrogen-bond acceptors (Lipinski definition) is 4. The van der Waals surface area contributed by atoms with Crippen molar-refractivity contribution in [1.29, 1.82) is 0 Å². The highest BCUT2D eigenvalue weighted by Crippen LogP contribution is 2.13. The van der Waals surface area contributed by atoms with Gasteiger partial charge in [0.15, 0.2) is 0 Å². The van der Waals surface area contributed by atoms with E-state index in [1.54, 1.807) is 14.0 Å². The molecule has 1 N–H and O–H groups in total. The maximum absolute atomic E-state index is 10.6. The molecule has 0 fully saturated rings. The predicted octanol–water partition coefficient (Wildman–Crippen LogP) is 0.926. The monoisotopic (exact) mass is 162 g/mol. The van der Waals surface area contributed by atoms with Crippen molar-refractivity contribution in [3.05, 3.63) is 4.91 Å². The predicted molar refractivity (Wildman–Crippen MR) is 41.5 cm³/mol. The number of hydrogen-bond donors (Lipinski definition) is 1. The number of rotatable bonds is 4. The molecule has 0 saturated carbocycles. The Morgan fingerprint density at radius 3 is 2.80 bits per heavy atom. The van der Waals surface area contributed by atoms with Crippen LogP contribution >= 0.6 is 11.9 Å². The van der Waals surface area contributed by atoms with E-state index in [0.29, 0.717) is 6.42 Å². The Balaban J connectivity index is 3.46. The van der Waals surface area contributed by atoms with Crippen molar-refractivity contribution in [3.8, 4) is 0 Å². The molecule has 0 spiro atoms. The quantitative estimate of drug-likeness (QED) is 0.494. The van der Waals surface area contributed by atoms with Crippen LogP contribution in [0.5, 0.6) is 0 Å². The van der Waals surface area contributed by atoms with Crippen LogP contribution < -0.4 is 5.32 Å². The Bertz CT molecular complexity index is 129. The van der Waals surface area contributed by atoms with Crippen molar-refractivity contribution in [2.45, 2.75) is 18.6 Å². The second-order valence-electron chi connectivity index (χ2n) is 1.87. The van der Waals surface area contributed by atoms with Gasteiger partial charge in [-0.2, -0.15) is 0 Å². The van der Waals surface area contributed by atoms with E-state index >= 15 is 0 Å². The molecule has 1 unspecified atom stereocenters. The minimum absolute atomic E-state index is 0.0301. The van der Waals surface area contributed by atoms with Gasteiger partial charge in [0.1, 0.15) is 0 Å². The SMILES string of the molecule is CNC(=O)CC(C)SN=O. The van der Waals surface area contributed by atoms with E-state index in [-0.39, 0.29) is 11.2 Å². The highest BCUT2D eigenvalue weighted by atomic mass is 32.2. The van der Waals surface area contributed by atoms with Crippen LogP contribution in [0.3, 0.4) is 0 Å². The first-order valence-corrected chi connectivity index (χ1v) is 3.73. The lowest BCUT2D eigenvalue weighted by Gasteiger charge is -2.02. The van der Waals surface area contributed by atoms with Crippen molar-refractivity contribution in [3.63, 3.8) is 0 Å². The highest BCUT2D eigenvalue weighted by Gasteiger charge is 2.07. The third kappa shape index (κ3) is 4.31. The smallest absolute Gasteiger partial charge is 0.220 e. The van der Waals surface area contributed by atoms with Crippen LogP contribution in [0.25, 0.3) is 0 Å². The molecule has 1 atom stereocenters. The largest absolute Gasteiger partial charge is 0.359 e. The summed E-state index contributed by atoms with van der Waals surface area (Å²) in [5, 5.41) is 2.43. The Labute approximate surface area is 63.9 Å². The Hall–Kier alpha value is -0.580. The van der Waals surface area contributed by atoms with Gasteiger partial charge < -0.3 is 5.32 Å². The lowest BCUT2D eigenvalue weighted by Crippen LogP contribution is -2.20. The second-order valence-corrected chi connectivity index (χ2v) is 3.03. The van der Waals surface area contributed by atoms with Gasteiger partial charge in [-0.25, -0.2) is 0 Å². The van der Waals surface area contributed by atoms with E-state index in [1.165, 1.54) is 0 Å². The maximum atomic E-state index is 10.6. The average Bonchev–Trinajstić information content (AvgIpc) is 1.88. The second kappa shape index (κ2) is 5.22. The summed E-state index contributed by atoms with van der Waals surface area (Å²) in [5.41, 5.74) is 0. The third-order valence-electron chi connectivity index (χ3n) is 0.975. The molecular formula is C5H10N2O2S. The van der Waals surface area contributed by atoms with Crippen molar-refractivity contribution < 1.29 is 4.79 Å². The van der Waals surface area contributed by atoms with Crippen molar-refractivity contribution in [2.24, 2.45) is 4.58 Å². The van der Waals surface area contributed by atoms with Crippen molar-refractivity contribution in [2.75, 3.05) is 7.05 Å². The molecule has 58 valence electrons. The number of nitrogens with zero attached hydrogens (tertiary/aromatic N) is 1. The molecule has 4 nitrogen and oxygen atoms in total. The lowest BCUT2D eigenvalue weighted by molar-refractivity contribution is -0.120. The number of nitroso groups, excluding NO2 is 1. The lowest BCUT2D eigenvalue weighted by atomic mass is 10.3. The molecule has 1 amide bonds. The van der Waals surface area contributed by atoms with E-state index in [0.717, 1.165) is 11.9 Å². The zero-order valence-corrected chi connectivity index (χ0v) is 6.77. The van der Waals surface area contributed by atoms with Gasteiger partial charge in [0.2, 0.25) is 5.91 Å². The van der Waals surface area contributed by atoms with Crippen LogP contribution in [0.2, 0.25) is 0 Å². The molecule has 10 heavy (non-hydrogen) atoms. The normalized spacial score (nSPS) is 12.2. The van der Waals surface area contributed by atoms with E-state index in [1.807, 2.05) is 0 Å². The first kappa shape index (κ1) is 9.42. The van der Waals surface area contributed by atoms with Crippen molar-refractivity contribution >= 4 is 17.9 Å². The molecule has 0 heterocycles. The van der Waals surface area contributed by atoms with E-state index in [9.17, 15) is 9.70 Å². The maximum Gasteiger partial charge on any atom is 0.220 e. The fourth-order valence-electron chi connectivity index (χ4n) is 0.474. The van der Waals surface area contributed by atoms with Crippen LogP contribution in [0.1, 0.15) is 13.3 Å². The summed E-state index contributed by atoms with van der Waals surface area (Å²) in [5.74, 6) is -0.0661. The van der Waals surface area contributed by atoms with Gasteiger partial charge in [0.25, 0.3) is 0 Å². The highest BCUT2D eigenvalue weighted by molar-refractivity contribution is 7.98. The molecule has 0 aliphatic rings. The molecule has 5 heteroatoms. The number of carbonyl (C=O) groups excluding carboxylic acids is 1. The van der Waals surface area contributed by atoms with Gasteiger partial charge in [-0.1, -0.05) is 6.92 Å². The summed E-state index contributed by atoms with van der Waals surface area (Å²) in [6, 6.07) is 0. The van der Waals surface area contributed by atoms with Crippen LogP contribution in [-0.4, -0.2) is 18.2 Å². The number of carbonyl (C=O) groups is 1. The first-order chi connectivity index (χ1) is 4.70.